The molecule has 0 aliphatic rings. The summed E-state index contributed by atoms with van der Waals surface area (Å²) in [5, 5.41) is 2.76. The molecule has 4 nitrogen and oxygen atoms in total. The quantitative estimate of drug-likeness (QED) is 0.821. The van der Waals surface area contributed by atoms with Crippen molar-refractivity contribution in [2.24, 2.45) is 0 Å². The number of rotatable bonds is 5. The van der Waals surface area contributed by atoms with E-state index in [9.17, 15) is 4.79 Å². The first kappa shape index (κ1) is 13.9. The number of anilines is 1. The molecule has 0 atom stereocenters. The van der Waals surface area contributed by atoms with Gasteiger partial charge < -0.3 is 15.8 Å². The van der Waals surface area contributed by atoms with Crippen LogP contribution in [0.25, 0.3) is 0 Å². The van der Waals surface area contributed by atoms with Crippen molar-refractivity contribution < 1.29 is 9.53 Å². The normalized spacial score (nSPS) is 10.1. The van der Waals surface area contributed by atoms with E-state index in [4.69, 9.17) is 10.5 Å². The van der Waals surface area contributed by atoms with Crippen molar-refractivity contribution in [2.75, 3.05) is 12.3 Å². The average molecular weight is 270 g/mol. The summed E-state index contributed by atoms with van der Waals surface area (Å²) >= 11 is 0. The molecule has 0 radical (unpaired) electrons. The summed E-state index contributed by atoms with van der Waals surface area (Å²) in [5.74, 6) is 0.343. The van der Waals surface area contributed by atoms with E-state index in [-0.39, 0.29) is 5.91 Å². The van der Waals surface area contributed by atoms with Crippen LogP contribution in [0, 0.1) is 0 Å². The number of benzene rings is 2. The van der Waals surface area contributed by atoms with Gasteiger partial charge in [0.1, 0.15) is 12.4 Å². The van der Waals surface area contributed by atoms with Crippen molar-refractivity contribution >= 4 is 11.6 Å². The SMILES string of the molecule is CCNC(=O)c1ccc(N)cc1OCc1ccccc1. The van der Waals surface area contributed by atoms with E-state index in [1.54, 1.807) is 18.2 Å². The van der Waals surface area contributed by atoms with Gasteiger partial charge in [-0.3, -0.25) is 4.79 Å². The van der Waals surface area contributed by atoms with Crippen LogP contribution in [0.3, 0.4) is 0 Å². The predicted molar refractivity (Wildman–Crippen MR) is 79.6 cm³/mol. The Bertz CT molecular complexity index is 582. The Kier molecular flexibility index (Phi) is 4.60. The predicted octanol–water partition coefficient (Wildman–Crippen LogP) is 2.60. The molecule has 0 aliphatic carbocycles. The van der Waals surface area contributed by atoms with Gasteiger partial charge in [0.15, 0.2) is 0 Å². The maximum atomic E-state index is 12.0. The van der Waals surface area contributed by atoms with Crippen LogP contribution in [-0.4, -0.2) is 12.5 Å². The third kappa shape index (κ3) is 3.51. The van der Waals surface area contributed by atoms with Crippen LogP contribution in [0.5, 0.6) is 5.75 Å². The molecule has 0 aliphatic heterocycles. The zero-order valence-corrected chi connectivity index (χ0v) is 11.4. The molecule has 0 spiro atoms. The van der Waals surface area contributed by atoms with E-state index in [0.717, 1.165) is 5.56 Å². The second-order valence-electron chi connectivity index (χ2n) is 4.39. The van der Waals surface area contributed by atoms with Gasteiger partial charge in [-0.05, 0) is 24.6 Å². The second kappa shape index (κ2) is 6.61. The molecule has 0 unspecified atom stereocenters. The van der Waals surface area contributed by atoms with Crippen LogP contribution in [0.2, 0.25) is 0 Å². The van der Waals surface area contributed by atoms with Crippen LogP contribution in [0.1, 0.15) is 22.8 Å². The molecule has 104 valence electrons. The number of nitrogen functional groups attached to an aromatic ring is 1. The summed E-state index contributed by atoms with van der Waals surface area (Å²) in [5.41, 5.74) is 7.87. The summed E-state index contributed by atoms with van der Waals surface area (Å²) in [6.07, 6.45) is 0. The zero-order chi connectivity index (χ0) is 14.4. The van der Waals surface area contributed by atoms with E-state index in [2.05, 4.69) is 5.32 Å². The van der Waals surface area contributed by atoms with E-state index < -0.39 is 0 Å². The molecule has 2 aromatic carbocycles. The minimum atomic E-state index is -0.157. The highest BCUT2D eigenvalue weighted by molar-refractivity contribution is 5.97. The smallest absolute Gasteiger partial charge is 0.255 e. The van der Waals surface area contributed by atoms with E-state index in [1.807, 2.05) is 37.3 Å². The fraction of sp³-hybridized carbons (Fsp3) is 0.188. The minimum Gasteiger partial charge on any atom is -0.488 e. The molecule has 0 bridgehead atoms. The molecule has 0 heterocycles. The Balaban J connectivity index is 2.17. The van der Waals surface area contributed by atoms with Gasteiger partial charge in [-0.25, -0.2) is 0 Å². The lowest BCUT2D eigenvalue weighted by atomic mass is 10.1. The topological polar surface area (TPSA) is 64.4 Å². The Labute approximate surface area is 118 Å². The van der Waals surface area contributed by atoms with Gasteiger partial charge in [-0.15, -0.1) is 0 Å². The Hall–Kier alpha value is -2.49. The first-order chi connectivity index (χ1) is 9.70. The van der Waals surface area contributed by atoms with Crippen molar-refractivity contribution in [3.63, 3.8) is 0 Å². The largest absolute Gasteiger partial charge is 0.488 e. The van der Waals surface area contributed by atoms with E-state index in [1.165, 1.54) is 0 Å². The lowest BCUT2D eigenvalue weighted by Crippen LogP contribution is -2.23. The van der Waals surface area contributed by atoms with Gasteiger partial charge in [0.2, 0.25) is 0 Å². The van der Waals surface area contributed by atoms with Crippen LogP contribution < -0.4 is 15.8 Å². The van der Waals surface area contributed by atoms with Gasteiger partial charge in [0, 0.05) is 18.3 Å². The lowest BCUT2D eigenvalue weighted by molar-refractivity contribution is 0.0951. The van der Waals surface area contributed by atoms with Crippen molar-refractivity contribution in [1.29, 1.82) is 0 Å². The summed E-state index contributed by atoms with van der Waals surface area (Å²) in [6, 6.07) is 14.8. The van der Waals surface area contributed by atoms with Crippen molar-refractivity contribution in [1.82, 2.24) is 5.32 Å². The third-order valence-corrected chi connectivity index (χ3v) is 2.82. The van der Waals surface area contributed by atoms with Gasteiger partial charge in [0.25, 0.3) is 5.91 Å². The molecular formula is C16H18N2O2. The molecule has 4 heteroatoms. The molecule has 2 aromatic rings. The summed E-state index contributed by atoms with van der Waals surface area (Å²) < 4.78 is 5.73. The minimum absolute atomic E-state index is 0.157. The maximum absolute atomic E-state index is 12.0. The standard InChI is InChI=1S/C16H18N2O2/c1-2-18-16(19)14-9-8-13(17)10-15(14)20-11-12-6-4-3-5-7-12/h3-10H,2,11,17H2,1H3,(H,18,19). The molecular weight excluding hydrogens is 252 g/mol. The number of nitrogens with two attached hydrogens (primary N) is 1. The Morgan fingerprint density at radius 3 is 2.65 bits per heavy atom. The van der Waals surface area contributed by atoms with Gasteiger partial charge in [0.05, 0.1) is 5.56 Å². The van der Waals surface area contributed by atoms with Crippen molar-refractivity contribution in [3.8, 4) is 5.75 Å². The number of ether oxygens (including phenoxy) is 1. The van der Waals surface area contributed by atoms with Crippen LogP contribution in [0.4, 0.5) is 5.69 Å². The molecule has 20 heavy (non-hydrogen) atoms. The fourth-order valence-corrected chi connectivity index (χ4v) is 1.84. The molecule has 1 amide bonds. The molecule has 0 fully saturated rings. The molecule has 0 aromatic heterocycles. The number of hydrogen-bond acceptors (Lipinski definition) is 3. The lowest BCUT2D eigenvalue weighted by Gasteiger charge is -2.12. The van der Waals surface area contributed by atoms with Crippen LogP contribution in [0.15, 0.2) is 48.5 Å². The zero-order valence-electron chi connectivity index (χ0n) is 11.4. The van der Waals surface area contributed by atoms with E-state index >= 15 is 0 Å². The van der Waals surface area contributed by atoms with Crippen LogP contribution in [-0.2, 0) is 6.61 Å². The monoisotopic (exact) mass is 270 g/mol. The number of carbonyl (C=O) groups excluding carboxylic acids is 1. The highest BCUT2D eigenvalue weighted by Crippen LogP contribution is 2.23. The van der Waals surface area contributed by atoms with Crippen molar-refractivity contribution in [2.45, 2.75) is 13.5 Å². The second-order valence-corrected chi connectivity index (χ2v) is 4.39. The van der Waals surface area contributed by atoms with E-state index in [0.29, 0.717) is 30.2 Å². The number of amides is 1. The average Bonchev–Trinajstić information content (AvgIpc) is 2.46. The van der Waals surface area contributed by atoms with Crippen LogP contribution >= 0.6 is 0 Å². The van der Waals surface area contributed by atoms with Gasteiger partial charge >= 0.3 is 0 Å². The summed E-state index contributed by atoms with van der Waals surface area (Å²) in [4.78, 5) is 12.0. The Morgan fingerprint density at radius 1 is 1.20 bits per heavy atom. The Morgan fingerprint density at radius 2 is 1.95 bits per heavy atom. The molecule has 0 saturated heterocycles. The highest BCUT2D eigenvalue weighted by Gasteiger charge is 2.12. The maximum Gasteiger partial charge on any atom is 0.255 e. The highest BCUT2D eigenvalue weighted by atomic mass is 16.5. The molecule has 0 saturated carbocycles. The molecule has 3 N–H and O–H groups in total. The number of carbonyl (C=O) groups is 1. The third-order valence-electron chi connectivity index (χ3n) is 2.82. The fourth-order valence-electron chi connectivity index (χ4n) is 1.84. The first-order valence-electron chi connectivity index (χ1n) is 6.55. The van der Waals surface area contributed by atoms with Gasteiger partial charge in [-0.2, -0.15) is 0 Å². The summed E-state index contributed by atoms with van der Waals surface area (Å²) in [7, 11) is 0. The van der Waals surface area contributed by atoms with Gasteiger partial charge in [-0.1, -0.05) is 30.3 Å². The first-order valence-corrected chi connectivity index (χ1v) is 6.55. The number of hydrogen-bond donors (Lipinski definition) is 2. The van der Waals surface area contributed by atoms with Crippen molar-refractivity contribution in [3.05, 3.63) is 59.7 Å². The number of nitrogens with one attached hydrogen (secondary N) is 1. The molecule has 2 rings (SSSR count). The summed E-state index contributed by atoms with van der Waals surface area (Å²) in [6.45, 7) is 2.84.